The molecule has 3 rings (SSSR count). The highest BCUT2D eigenvalue weighted by molar-refractivity contribution is 6.31. The molecule has 1 aliphatic carbocycles. The second-order valence-corrected chi connectivity index (χ2v) is 4.79. The van der Waals surface area contributed by atoms with E-state index in [-0.39, 0.29) is 5.54 Å². The van der Waals surface area contributed by atoms with Crippen LogP contribution in [0.2, 0.25) is 5.02 Å². The molecule has 1 spiro atoms. The molecule has 0 radical (unpaired) electrons. The Hall–Kier alpha value is -0.530. The van der Waals surface area contributed by atoms with Gasteiger partial charge in [0.25, 0.3) is 0 Å². The van der Waals surface area contributed by atoms with Gasteiger partial charge >= 0.3 is 0 Å². The van der Waals surface area contributed by atoms with Crippen molar-refractivity contribution >= 4 is 11.6 Å². The summed E-state index contributed by atoms with van der Waals surface area (Å²) < 4.78 is 0. The quantitative estimate of drug-likeness (QED) is 0.690. The molecule has 14 heavy (non-hydrogen) atoms. The molecule has 74 valence electrons. The van der Waals surface area contributed by atoms with Crippen molar-refractivity contribution in [3.63, 3.8) is 0 Å². The third-order valence-electron chi connectivity index (χ3n) is 3.41. The molecular weight excluding hydrogens is 194 g/mol. The van der Waals surface area contributed by atoms with Crippen LogP contribution >= 0.6 is 11.6 Å². The zero-order valence-electron chi connectivity index (χ0n) is 8.15. The van der Waals surface area contributed by atoms with E-state index in [1.54, 1.807) is 0 Å². The van der Waals surface area contributed by atoms with E-state index >= 15 is 0 Å². The summed E-state index contributed by atoms with van der Waals surface area (Å²) in [5, 5.41) is 4.60. The fourth-order valence-electron chi connectivity index (χ4n) is 2.56. The van der Waals surface area contributed by atoms with E-state index in [1.165, 1.54) is 36.8 Å². The van der Waals surface area contributed by atoms with Gasteiger partial charge < -0.3 is 5.32 Å². The Morgan fingerprint density at radius 1 is 1.29 bits per heavy atom. The minimum atomic E-state index is 0.254. The predicted octanol–water partition coefficient (Wildman–Crippen LogP) is 2.86. The van der Waals surface area contributed by atoms with Crippen LogP contribution < -0.4 is 5.32 Å². The maximum Gasteiger partial charge on any atom is 0.0459 e. The second-order valence-electron chi connectivity index (χ2n) is 4.39. The summed E-state index contributed by atoms with van der Waals surface area (Å²) in [5.41, 5.74) is 3.10. The van der Waals surface area contributed by atoms with Gasteiger partial charge in [0, 0.05) is 10.6 Å². The molecule has 1 nitrogen and oxygen atoms in total. The largest absolute Gasteiger partial charge is 0.307 e. The first-order valence-corrected chi connectivity index (χ1v) is 5.73. The Balaban J connectivity index is 2.17. The number of hydrogen-bond donors (Lipinski definition) is 1. The standard InChI is InChI=1S/C12H14ClN/c13-10-5-1-3-9-4-2-8-14-12(6-7-12)11(9)10/h1,3,5,14H,2,4,6-8H2. The molecule has 1 aromatic carbocycles. The molecule has 0 saturated heterocycles. The Bertz CT molecular complexity index is 369. The Labute approximate surface area is 89.5 Å². The van der Waals surface area contributed by atoms with Gasteiger partial charge in [-0.1, -0.05) is 23.7 Å². The van der Waals surface area contributed by atoms with Crippen LogP contribution in [0, 0.1) is 0 Å². The maximum atomic E-state index is 6.30. The highest BCUT2D eigenvalue weighted by Crippen LogP contribution is 2.50. The fraction of sp³-hybridized carbons (Fsp3) is 0.500. The molecule has 1 aliphatic heterocycles. The normalized spacial score (nSPS) is 22.9. The van der Waals surface area contributed by atoms with Crippen molar-refractivity contribution in [2.75, 3.05) is 6.54 Å². The molecule has 2 aliphatic rings. The molecule has 1 aromatic rings. The first-order valence-electron chi connectivity index (χ1n) is 5.35. The van der Waals surface area contributed by atoms with Crippen LogP contribution in [0.5, 0.6) is 0 Å². The SMILES string of the molecule is Clc1cccc2c1C1(CC1)NCCC2. The highest BCUT2D eigenvalue weighted by Gasteiger charge is 2.46. The van der Waals surface area contributed by atoms with E-state index in [9.17, 15) is 0 Å². The van der Waals surface area contributed by atoms with Gasteiger partial charge in [-0.2, -0.15) is 0 Å². The van der Waals surface area contributed by atoms with Gasteiger partial charge in [0.15, 0.2) is 0 Å². The third-order valence-corrected chi connectivity index (χ3v) is 3.73. The molecule has 0 unspecified atom stereocenters. The van der Waals surface area contributed by atoms with Gasteiger partial charge in [-0.3, -0.25) is 0 Å². The van der Waals surface area contributed by atoms with Crippen LogP contribution in [-0.2, 0) is 12.0 Å². The summed E-state index contributed by atoms with van der Waals surface area (Å²) in [7, 11) is 0. The van der Waals surface area contributed by atoms with Crippen molar-refractivity contribution < 1.29 is 0 Å². The van der Waals surface area contributed by atoms with Gasteiger partial charge in [-0.05, 0) is 49.4 Å². The van der Waals surface area contributed by atoms with Crippen LogP contribution in [-0.4, -0.2) is 6.54 Å². The summed E-state index contributed by atoms with van der Waals surface area (Å²) in [5.74, 6) is 0. The van der Waals surface area contributed by atoms with Crippen molar-refractivity contribution in [3.05, 3.63) is 34.3 Å². The zero-order valence-corrected chi connectivity index (χ0v) is 8.90. The van der Waals surface area contributed by atoms with Crippen LogP contribution in [0.3, 0.4) is 0 Å². The van der Waals surface area contributed by atoms with E-state index in [1.807, 2.05) is 6.07 Å². The zero-order chi connectivity index (χ0) is 9.60. The van der Waals surface area contributed by atoms with Crippen LogP contribution in [0.4, 0.5) is 0 Å². The minimum absolute atomic E-state index is 0.254. The first-order chi connectivity index (χ1) is 6.82. The summed E-state index contributed by atoms with van der Waals surface area (Å²) in [6.07, 6.45) is 4.91. The number of hydrogen-bond acceptors (Lipinski definition) is 1. The Morgan fingerprint density at radius 3 is 2.93 bits per heavy atom. The molecule has 1 N–H and O–H groups in total. The van der Waals surface area contributed by atoms with Crippen molar-refractivity contribution in [2.24, 2.45) is 0 Å². The molecule has 0 atom stereocenters. The van der Waals surface area contributed by atoms with Crippen LogP contribution in [0.25, 0.3) is 0 Å². The van der Waals surface area contributed by atoms with E-state index in [2.05, 4.69) is 17.4 Å². The summed E-state index contributed by atoms with van der Waals surface area (Å²) in [4.78, 5) is 0. The van der Waals surface area contributed by atoms with Gasteiger partial charge in [0.1, 0.15) is 0 Å². The Morgan fingerprint density at radius 2 is 2.14 bits per heavy atom. The van der Waals surface area contributed by atoms with Crippen molar-refractivity contribution in [1.82, 2.24) is 5.32 Å². The highest BCUT2D eigenvalue weighted by atomic mass is 35.5. The lowest BCUT2D eigenvalue weighted by Crippen LogP contribution is -2.28. The fourth-order valence-corrected chi connectivity index (χ4v) is 2.93. The van der Waals surface area contributed by atoms with Crippen molar-refractivity contribution in [1.29, 1.82) is 0 Å². The van der Waals surface area contributed by atoms with E-state index in [0.29, 0.717) is 0 Å². The molecule has 1 heterocycles. The molecule has 1 fully saturated rings. The summed E-state index contributed by atoms with van der Waals surface area (Å²) in [6, 6.07) is 6.32. The molecule has 2 heteroatoms. The van der Waals surface area contributed by atoms with Crippen molar-refractivity contribution in [2.45, 2.75) is 31.2 Å². The number of nitrogens with one attached hydrogen (secondary N) is 1. The van der Waals surface area contributed by atoms with Gasteiger partial charge in [0.2, 0.25) is 0 Å². The second kappa shape index (κ2) is 2.98. The van der Waals surface area contributed by atoms with E-state index in [4.69, 9.17) is 11.6 Å². The lowest BCUT2D eigenvalue weighted by atomic mass is 9.97. The maximum absolute atomic E-state index is 6.30. The molecule has 0 bridgehead atoms. The molecular formula is C12H14ClN. The number of rotatable bonds is 0. The average Bonchev–Trinajstić information content (AvgIpc) is 2.96. The first kappa shape index (κ1) is 8.75. The Kier molecular flexibility index (Phi) is 1.86. The molecule has 0 amide bonds. The lowest BCUT2D eigenvalue weighted by molar-refractivity contribution is 0.530. The third kappa shape index (κ3) is 1.19. The average molecular weight is 208 g/mol. The molecule has 1 saturated carbocycles. The smallest absolute Gasteiger partial charge is 0.0459 e. The summed E-state index contributed by atoms with van der Waals surface area (Å²) >= 11 is 6.30. The van der Waals surface area contributed by atoms with Crippen molar-refractivity contribution in [3.8, 4) is 0 Å². The van der Waals surface area contributed by atoms with Gasteiger partial charge in [-0.15, -0.1) is 0 Å². The summed E-state index contributed by atoms with van der Waals surface area (Å²) in [6.45, 7) is 1.13. The minimum Gasteiger partial charge on any atom is -0.307 e. The monoisotopic (exact) mass is 207 g/mol. The number of fused-ring (bicyclic) bond motifs is 2. The molecule has 0 aromatic heterocycles. The predicted molar refractivity (Wildman–Crippen MR) is 58.7 cm³/mol. The number of aryl methyl sites for hydroxylation is 1. The van der Waals surface area contributed by atoms with Crippen LogP contribution in [0.15, 0.2) is 18.2 Å². The lowest BCUT2D eigenvalue weighted by Gasteiger charge is -2.18. The van der Waals surface area contributed by atoms with Gasteiger partial charge in [0.05, 0.1) is 0 Å². The topological polar surface area (TPSA) is 12.0 Å². The number of halogens is 1. The van der Waals surface area contributed by atoms with Crippen LogP contribution in [0.1, 0.15) is 30.4 Å². The van der Waals surface area contributed by atoms with E-state index in [0.717, 1.165) is 11.6 Å². The number of benzene rings is 1. The van der Waals surface area contributed by atoms with E-state index < -0.39 is 0 Å². The van der Waals surface area contributed by atoms with Gasteiger partial charge in [-0.25, -0.2) is 0 Å².